The Morgan fingerprint density at radius 3 is 3.07 bits per heavy atom. The van der Waals surface area contributed by atoms with Gasteiger partial charge in [-0.15, -0.1) is 11.3 Å². The van der Waals surface area contributed by atoms with E-state index in [9.17, 15) is 4.79 Å². The third-order valence-corrected chi connectivity index (χ3v) is 3.82. The van der Waals surface area contributed by atoms with Gasteiger partial charge in [-0.3, -0.25) is 4.79 Å². The SMILES string of the molecule is O=C1NCCC1NCc1ccc(Br)s1. The van der Waals surface area contributed by atoms with Crippen LogP contribution in [0.1, 0.15) is 11.3 Å². The summed E-state index contributed by atoms with van der Waals surface area (Å²) in [7, 11) is 0. The summed E-state index contributed by atoms with van der Waals surface area (Å²) in [6.07, 6.45) is 0.894. The first-order valence-electron chi connectivity index (χ1n) is 4.51. The van der Waals surface area contributed by atoms with Crippen LogP contribution in [0, 0.1) is 0 Å². The number of nitrogens with one attached hydrogen (secondary N) is 2. The average Bonchev–Trinajstić information content (AvgIpc) is 2.72. The molecule has 1 atom stereocenters. The second-order valence-electron chi connectivity index (χ2n) is 3.22. The van der Waals surface area contributed by atoms with Crippen molar-refractivity contribution in [2.24, 2.45) is 0 Å². The molecule has 2 N–H and O–H groups in total. The molecular weight excluding hydrogens is 264 g/mol. The molecule has 2 rings (SSSR count). The molecule has 5 heteroatoms. The molecule has 14 heavy (non-hydrogen) atoms. The fourth-order valence-corrected chi connectivity index (χ4v) is 2.89. The molecule has 1 fully saturated rings. The predicted octanol–water partition coefficient (Wildman–Crippen LogP) is 1.49. The third-order valence-electron chi connectivity index (χ3n) is 2.20. The number of carbonyl (C=O) groups excluding carboxylic acids is 1. The number of halogens is 1. The summed E-state index contributed by atoms with van der Waals surface area (Å²) >= 11 is 5.10. The van der Waals surface area contributed by atoms with Crippen LogP contribution in [0.25, 0.3) is 0 Å². The molecule has 0 aliphatic carbocycles. The highest BCUT2D eigenvalue weighted by Crippen LogP contribution is 2.21. The number of carbonyl (C=O) groups is 1. The lowest BCUT2D eigenvalue weighted by Crippen LogP contribution is -2.35. The molecule has 1 aliphatic rings. The van der Waals surface area contributed by atoms with Gasteiger partial charge < -0.3 is 10.6 Å². The van der Waals surface area contributed by atoms with Crippen LogP contribution in [0.4, 0.5) is 0 Å². The highest BCUT2D eigenvalue weighted by atomic mass is 79.9. The first kappa shape index (κ1) is 10.1. The van der Waals surface area contributed by atoms with Crippen LogP contribution in [-0.2, 0) is 11.3 Å². The molecule has 1 aromatic rings. The highest BCUT2D eigenvalue weighted by molar-refractivity contribution is 9.11. The second kappa shape index (κ2) is 4.42. The van der Waals surface area contributed by atoms with Crippen molar-refractivity contribution in [3.8, 4) is 0 Å². The summed E-state index contributed by atoms with van der Waals surface area (Å²) in [6.45, 7) is 1.57. The van der Waals surface area contributed by atoms with Crippen LogP contribution >= 0.6 is 27.3 Å². The summed E-state index contributed by atoms with van der Waals surface area (Å²) in [4.78, 5) is 12.5. The summed E-state index contributed by atoms with van der Waals surface area (Å²) in [5.74, 6) is 0.126. The van der Waals surface area contributed by atoms with Crippen LogP contribution in [0.5, 0.6) is 0 Å². The van der Waals surface area contributed by atoms with Gasteiger partial charge in [-0.1, -0.05) is 0 Å². The zero-order valence-electron chi connectivity index (χ0n) is 7.55. The lowest BCUT2D eigenvalue weighted by molar-refractivity contribution is -0.120. The van der Waals surface area contributed by atoms with E-state index in [1.807, 2.05) is 6.07 Å². The summed E-state index contributed by atoms with van der Waals surface area (Å²) in [5, 5.41) is 6.04. The lowest BCUT2D eigenvalue weighted by atomic mass is 10.2. The number of hydrogen-bond donors (Lipinski definition) is 2. The smallest absolute Gasteiger partial charge is 0.237 e. The van der Waals surface area contributed by atoms with E-state index >= 15 is 0 Å². The molecule has 0 spiro atoms. The fourth-order valence-electron chi connectivity index (χ4n) is 1.46. The minimum Gasteiger partial charge on any atom is -0.355 e. The van der Waals surface area contributed by atoms with Crippen molar-refractivity contribution in [1.82, 2.24) is 10.6 Å². The minimum absolute atomic E-state index is 0.00382. The summed E-state index contributed by atoms with van der Waals surface area (Å²) in [5.41, 5.74) is 0. The third kappa shape index (κ3) is 2.34. The molecule has 0 saturated carbocycles. The quantitative estimate of drug-likeness (QED) is 0.877. The van der Waals surface area contributed by atoms with Gasteiger partial charge in [-0.2, -0.15) is 0 Å². The molecule has 3 nitrogen and oxygen atoms in total. The molecule has 2 heterocycles. The van der Waals surface area contributed by atoms with Crippen molar-refractivity contribution >= 4 is 33.2 Å². The Bertz CT molecular complexity index is 339. The van der Waals surface area contributed by atoms with E-state index in [1.165, 1.54) is 4.88 Å². The Hall–Kier alpha value is -0.390. The van der Waals surface area contributed by atoms with Gasteiger partial charge in [-0.05, 0) is 34.5 Å². The second-order valence-corrected chi connectivity index (χ2v) is 5.77. The fraction of sp³-hybridized carbons (Fsp3) is 0.444. The largest absolute Gasteiger partial charge is 0.355 e. The van der Waals surface area contributed by atoms with Gasteiger partial charge in [-0.25, -0.2) is 0 Å². The van der Waals surface area contributed by atoms with Crippen molar-refractivity contribution in [2.45, 2.75) is 19.0 Å². The van der Waals surface area contributed by atoms with E-state index < -0.39 is 0 Å². The lowest BCUT2D eigenvalue weighted by Gasteiger charge is -2.07. The normalized spacial score (nSPS) is 21.2. The maximum Gasteiger partial charge on any atom is 0.237 e. The predicted molar refractivity (Wildman–Crippen MR) is 60.3 cm³/mol. The molecule has 0 bridgehead atoms. The van der Waals surface area contributed by atoms with E-state index in [-0.39, 0.29) is 11.9 Å². The molecular formula is C9H11BrN2OS. The van der Waals surface area contributed by atoms with Crippen LogP contribution in [-0.4, -0.2) is 18.5 Å². The summed E-state index contributed by atoms with van der Waals surface area (Å²) < 4.78 is 1.13. The number of amides is 1. The zero-order valence-corrected chi connectivity index (χ0v) is 9.95. The molecule has 1 aromatic heterocycles. The number of rotatable bonds is 3. The van der Waals surface area contributed by atoms with Gasteiger partial charge in [0.15, 0.2) is 0 Å². The van der Waals surface area contributed by atoms with Gasteiger partial charge in [0.05, 0.1) is 9.83 Å². The first-order valence-corrected chi connectivity index (χ1v) is 6.12. The topological polar surface area (TPSA) is 41.1 Å². The molecule has 1 saturated heterocycles. The van der Waals surface area contributed by atoms with Crippen molar-refractivity contribution in [1.29, 1.82) is 0 Å². The van der Waals surface area contributed by atoms with E-state index in [0.717, 1.165) is 23.3 Å². The monoisotopic (exact) mass is 274 g/mol. The number of hydrogen-bond acceptors (Lipinski definition) is 3. The Morgan fingerprint density at radius 1 is 1.64 bits per heavy atom. The van der Waals surface area contributed by atoms with Crippen molar-refractivity contribution < 1.29 is 4.79 Å². The number of thiophene rings is 1. The van der Waals surface area contributed by atoms with E-state index in [1.54, 1.807) is 11.3 Å². The molecule has 1 aliphatic heterocycles. The van der Waals surface area contributed by atoms with Gasteiger partial charge in [0.2, 0.25) is 5.91 Å². The van der Waals surface area contributed by atoms with E-state index in [2.05, 4.69) is 32.6 Å². The van der Waals surface area contributed by atoms with Gasteiger partial charge in [0, 0.05) is 18.0 Å². The Labute approximate surface area is 95.0 Å². The molecule has 1 amide bonds. The van der Waals surface area contributed by atoms with Crippen LogP contribution in [0.2, 0.25) is 0 Å². The first-order chi connectivity index (χ1) is 6.75. The van der Waals surface area contributed by atoms with E-state index in [4.69, 9.17) is 0 Å². The Balaban J connectivity index is 1.85. The maximum atomic E-state index is 11.2. The van der Waals surface area contributed by atoms with Crippen LogP contribution in [0.3, 0.4) is 0 Å². The van der Waals surface area contributed by atoms with Crippen LogP contribution < -0.4 is 10.6 Å². The maximum absolute atomic E-state index is 11.2. The van der Waals surface area contributed by atoms with Crippen molar-refractivity contribution in [3.63, 3.8) is 0 Å². The van der Waals surface area contributed by atoms with Crippen molar-refractivity contribution in [3.05, 3.63) is 20.8 Å². The average molecular weight is 275 g/mol. The van der Waals surface area contributed by atoms with E-state index in [0.29, 0.717) is 0 Å². The minimum atomic E-state index is -0.00382. The van der Waals surface area contributed by atoms with Crippen LogP contribution in [0.15, 0.2) is 15.9 Å². The van der Waals surface area contributed by atoms with Crippen molar-refractivity contribution in [2.75, 3.05) is 6.54 Å². The Morgan fingerprint density at radius 2 is 2.50 bits per heavy atom. The standard InChI is InChI=1S/C9H11BrN2OS/c10-8-2-1-6(14-8)5-12-7-3-4-11-9(7)13/h1-2,7,12H,3-5H2,(H,11,13). The molecule has 76 valence electrons. The molecule has 0 radical (unpaired) electrons. The highest BCUT2D eigenvalue weighted by Gasteiger charge is 2.22. The zero-order chi connectivity index (χ0) is 9.97. The van der Waals surface area contributed by atoms with Gasteiger partial charge >= 0.3 is 0 Å². The van der Waals surface area contributed by atoms with Gasteiger partial charge in [0.1, 0.15) is 0 Å². The molecule has 0 aromatic carbocycles. The van der Waals surface area contributed by atoms with Gasteiger partial charge in [0.25, 0.3) is 0 Å². The summed E-state index contributed by atoms with van der Waals surface area (Å²) in [6, 6.07) is 4.08. The Kier molecular flexibility index (Phi) is 3.20. The molecule has 1 unspecified atom stereocenters.